The van der Waals surface area contributed by atoms with Crippen molar-refractivity contribution < 1.29 is 54.7 Å². The summed E-state index contributed by atoms with van der Waals surface area (Å²) in [5.74, 6) is -6.29. The summed E-state index contributed by atoms with van der Waals surface area (Å²) >= 11 is 0.412. The lowest BCUT2D eigenvalue weighted by molar-refractivity contribution is -0.856. The Morgan fingerprint density at radius 1 is 0.972 bits per heavy atom. The number of ketones is 1. The van der Waals surface area contributed by atoms with E-state index in [9.17, 15) is 45.1 Å². The molecule has 0 bridgehead atoms. The van der Waals surface area contributed by atoms with Gasteiger partial charge in [0.25, 0.3) is 17.5 Å². The van der Waals surface area contributed by atoms with E-state index in [4.69, 9.17) is 0 Å². The molecule has 0 unspecified atom stereocenters. The third-order valence-corrected chi connectivity index (χ3v) is 6.60. The fourth-order valence-corrected chi connectivity index (χ4v) is 4.77. The van der Waals surface area contributed by atoms with Gasteiger partial charge in [-0.25, -0.2) is 19.0 Å². The molecule has 1 saturated heterocycles. The van der Waals surface area contributed by atoms with Gasteiger partial charge < -0.3 is 4.90 Å². The number of thiophene rings is 1. The molecule has 1 aromatic carbocycles. The van der Waals surface area contributed by atoms with Crippen LogP contribution < -0.4 is 9.57 Å². The van der Waals surface area contributed by atoms with Gasteiger partial charge in [-0.1, -0.05) is 0 Å². The van der Waals surface area contributed by atoms with Crippen molar-refractivity contribution >= 4 is 40.0 Å². The Hall–Kier alpha value is -3.49. The molecule has 1 aliphatic heterocycles. The van der Waals surface area contributed by atoms with Crippen molar-refractivity contribution in [3.8, 4) is 0 Å². The van der Waals surface area contributed by atoms with Gasteiger partial charge in [-0.15, -0.1) is 11.3 Å². The van der Waals surface area contributed by atoms with Gasteiger partial charge in [0.05, 0.1) is 15.7 Å². The molecule has 0 spiro atoms. The molecule has 3 heterocycles. The number of hydrogen-bond donors (Lipinski definition) is 1. The molecule has 2 aromatic heterocycles. The van der Waals surface area contributed by atoms with E-state index in [1.807, 2.05) is 0 Å². The van der Waals surface area contributed by atoms with Gasteiger partial charge in [-0.3, -0.25) is 9.59 Å². The molecule has 15 heteroatoms. The van der Waals surface area contributed by atoms with Gasteiger partial charge in [0.15, 0.2) is 5.52 Å². The molecule has 7 nitrogen and oxygen atoms in total. The van der Waals surface area contributed by atoms with E-state index in [-0.39, 0.29) is 47.7 Å². The Kier molecular flexibility index (Phi) is 6.53. The van der Waals surface area contributed by atoms with Gasteiger partial charge in [-0.05, 0) is 41.8 Å². The minimum absolute atomic E-state index is 0.0112. The van der Waals surface area contributed by atoms with Gasteiger partial charge in [-0.2, -0.15) is 26.3 Å². The van der Waals surface area contributed by atoms with E-state index in [1.54, 1.807) is 0 Å². The molecule has 0 saturated carbocycles. The molecule has 0 radical (unpaired) electrons. The van der Waals surface area contributed by atoms with Gasteiger partial charge in [0.1, 0.15) is 5.82 Å². The van der Waals surface area contributed by atoms with Crippen LogP contribution in [0.25, 0.3) is 11.0 Å². The Morgan fingerprint density at radius 3 is 2.22 bits per heavy atom. The summed E-state index contributed by atoms with van der Waals surface area (Å²) in [6.45, 7) is 0.141. The number of nitrogens with one attached hydrogen (secondary N) is 1. The number of aromatic amines is 1. The van der Waals surface area contributed by atoms with E-state index in [0.717, 1.165) is 30.3 Å². The number of carbonyl (C=O) groups is 3. The van der Waals surface area contributed by atoms with Crippen molar-refractivity contribution in [1.82, 2.24) is 9.88 Å². The SMILES string of the molecule is O=C(c1ccc(C(=O)C(F)(F)F)s1)N1CCC(c2[nH]c3cc(F)ccc3[n+]2OC(=O)C(F)(F)F)CC1. The molecular weight excluding hydrogens is 523 g/mol. The summed E-state index contributed by atoms with van der Waals surface area (Å²) in [7, 11) is 0. The number of Topliss-reactive ketones (excluding diaryl/α,β-unsaturated/α-hetero) is 1. The van der Waals surface area contributed by atoms with Crippen LogP contribution in [0.15, 0.2) is 30.3 Å². The van der Waals surface area contributed by atoms with Crippen LogP contribution in [0.2, 0.25) is 0 Å². The molecule has 4 rings (SSSR count). The van der Waals surface area contributed by atoms with Crippen molar-refractivity contribution in [1.29, 1.82) is 0 Å². The smallest absolute Gasteiger partial charge is 0.338 e. The van der Waals surface area contributed by atoms with Crippen LogP contribution in [0.4, 0.5) is 30.7 Å². The molecule has 1 N–H and O–H groups in total. The number of rotatable bonds is 4. The number of aromatic nitrogens is 2. The maximum atomic E-state index is 13.6. The van der Waals surface area contributed by atoms with Crippen LogP contribution in [0, 0.1) is 5.82 Å². The average molecular weight is 538 g/mol. The molecule has 36 heavy (non-hydrogen) atoms. The number of imidazole rings is 1. The monoisotopic (exact) mass is 538 g/mol. The summed E-state index contributed by atoms with van der Waals surface area (Å²) < 4.78 is 90.6. The van der Waals surface area contributed by atoms with Gasteiger partial charge >= 0.3 is 18.3 Å². The lowest BCUT2D eigenvalue weighted by Crippen LogP contribution is -2.53. The molecule has 192 valence electrons. The Morgan fingerprint density at radius 2 is 1.61 bits per heavy atom. The third kappa shape index (κ3) is 5.05. The summed E-state index contributed by atoms with van der Waals surface area (Å²) in [5, 5.41) is 0. The number of nitrogens with zero attached hydrogens (tertiary/aromatic N) is 2. The summed E-state index contributed by atoms with van der Waals surface area (Å²) in [6, 6.07) is 5.18. The number of halogens is 7. The van der Waals surface area contributed by atoms with E-state index < -0.39 is 46.6 Å². The normalized spacial score (nSPS) is 15.4. The molecule has 1 fully saturated rings. The van der Waals surface area contributed by atoms with Crippen LogP contribution in [0.5, 0.6) is 0 Å². The summed E-state index contributed by atoms with van der Waals surface area (Å²) in [4.78, 5) is 43.5. The minimum atomic E-state index is -5.28. The first kappa shape index (κ1) is 25.6. The highest BCUT2D eigenvalue weighted by molar-refractivity contribution is 7.16. The van der Waals surface area contributed by atoms with Crippen molar-refractivity contribution in [3.05, 3.63) is 51.7 Å². The fraction of sp³-hybridized carbons (Fsp3) is 0.333. The average Bonchev–Trinajstić information content (AvgIpc) is 3.42. The molecular formula is C21H15F7N3O4S+. The van der Waals surface area contributed by atoms with E-state index in [0.29, 0.717) is 16.1 Å². The Labute approximate surface area is 201 Å². The fourth-order valence-electron chi connectivity index (χ4n) is 3.83. The second-order valence-corrected chi connectivity index (χ2v) is 8.98. The van der Waals surface area contributed by atoms with Crippen molar-refractivity contribution in [2.45, 2.75) is 31.1 Å². The van der Waals surface area contributed by atoms with Crippen LogP contribution >= 0.6 is 11.3 Å². The van der Waals surface area contributed by atoms with Gasteiger partial charge in [0, 0.05) is 19.2 Å². The van der Waals surface area contributed by atoms with E-state index >= 15 is 0 Å². The Balaban J connectivity index is 1.52. The zero-order chi connectivity index (χ0) is 26.4. The molecule has 1 amide bonds. The number of alkyl halides is 6. The number of amides is 1. The molecule has 3 aromatic rings. The van der Waals surface area contributed by atoms with E-state index in [1.165, 1.54) is 4.90 Å². The second kappa shape index (κ2) is 9.19. The maximum Gasteiger partial charge on any atom is 0.495 e. The lowest BCUT2D eigenvalue weighted by Gasteiger charge is -2.29. The zero-order valence-corrected chi connectivity index (χ0v) is 18.7. The lowest BCUT2D eigenvalue weighted by atomic mass is 9.96. The number of likely N-dealkylation sites (tertiary alicyclic amines) is 1. The maximum absolute atomic E-state index is 13.6. The minimum Gasteiger partial charge on any atom is -0.338 e. The molecule has 0 atom stereocenters. The highest BCUT2D eigenvalue weighted by atomic mass is 32.1. The van der Waals surface area contributed by atoms with Crippen molar-refractivity contribution in [3.63, 3.8) is 0 Å². The van der Waals surface area contributed by atoms with Crippen LogP contribution in [0.3, 0.4) is 0 Å². The molecule has 1 aliphatic rings. The highest BCUT2D eigenvalue weighted by Crippen LogP contribution is 2.31. The van der Waals surface area contributed by atoms with Crippen LogP contribution in [-0.4, -0.2) is 53.0 Å². The first-order valence-corrected chi connectivity index (χ1v) is 11.1. The van der Waals surface area contributed by atoms with Crippen molar-refractivity contribution in [2.24, 2.45) is 0 Å². The van der Waals surface area contributed by atoms with Crippen LogP contribution in [-0.2, 0) is 4.79 Å². The topological polar surface area (TPSA) is 83.3 Å². The standard InChI is InChI=1S/C21H14F7N3O4S/c22-11-1-2-13-12(9-11)29-17(31(13)35-19(34)21(26,27)28)10-5-7-30(8-6-10)18(33)15-4-3-14(36-15)16(32)20(23,24)25/h1-4,9-10H,5-8H2/p+1. The quantitative estimate of drug-likeness (QED) is 0.310. The molecule has 0 aliphatic carbocycles. The van der Waals surface area contributed by atoms with Crippen LogP contribution in [0.1, 0.15) is 43.9 Å². The number of piperidine rings is 1. The number of carbonyl (C=O) groups excluding carboxylic acids is 3. The first-order valence-electron chi connectivity index (χ1n) is 10.3. The predicted octanol–water partition coefficient (Wildman–Crippen LogP) is 3.94. The number of H-pyrrole nitrogens is 1. The highest BCUT2D eigenvalue weighted by Gasteiger charge is 2.45. The number of benzene rings is 1. The second-order valence-electron chi connectivity index (χ2n) is 7.90. The largest absolute Gasteiger partial charge is 0.495 e. The number of fused-ring (bicyclic) bond motifs is 1. The summed E-state index contributed by atoms with van der Waals surface area (Å²) in [6.07, 6.45) is -9.98. The number of hydrogen-bond acceptors (Lipinski definition) is 5. The van der Waals surface area contributed by atoms with Crippen molar-refractivity contribution in [2.75, 3.05) is 13.1 Å². The van der Waals surface area contributed by atoms with Gasteiger partial charge in [0.2, 0.25) is 5.52 Å². The third-order valence-electron chi connectivity index (χ3n) is 5.53. The zero-order valence-electron chi connectivity index (χ0n) is 17.9. The van der Waals surface area contributed by atoms with E-state index in [2.05, 4.69) is 9.82 Å². The Bertz CT molecular complexity index is 1340. The first-order chi connectivity index (χ1) is 16.8. The predicted molar refractivity (Wildman–Crippen MR) is 109 cm³/mol. The summed E-state index contributed by atoms with van der Waals surface area (Å²) in [5.41, 5.74) is 0.0712.